The molecule has 6 heteroatoms. The number of hydrogen-bond acceptors (Lipinski definition) is 4. The lowest BCUT2D eigenvalue weighted by Crippen LogP contribution is -2.55. The van der Waals surface area contributed by atoms with E-state index in [0.717, 1.165) is 22.2 Å². The molecule has 0 atom stereocenters. The number of rotatable bonds is 2. The summed E-state index contributed by atoms with van der Waals surface area (Å²) in [6.45, 7) is 4.75. The summed E-state index contributed by atoms with van der Waals surface area (Å²) in [6, 6.07) is 9.53. The van der Waals surface area contributed by atoms with Crippen LogP contribution in [0, 0.1) is 0 Å². The molecule has 1 aliphatic heterocycles. The second-order valence-corrected chi connectivity index (χ2v) is 6.22. The van der Waals surface area contributed by atoms with Gasteiger partial charge in [0, 0.05) is 6.20 Å². The molecule has 0 saturated carbocycles. The van der Waals surface area contributed by atoms with Crippen molar-refractivity contribution in [1.82, 2.24) is 9.97 Å². The SMILES string of the molecule is CC1(C)C(=S)Nc2ccc(Cl)nc2N1Cc1ccccn1. The number of thiocarbonyl (C=S) groups is 1. The maximum atomic E-state index is 6.06. The fourth-order valence-corrected chi connectivity index (χ4v) is 2.68. The minimum Gasteiger partial charge on any atom is -0.345 e. The average Bonchev–Trinajstić information content (AvgIpc) is 2.46. The van der Waals surface area contributed by atoms with Crippen molar-refractivity contribution >= 4 is 40.3 Å². The zero-order chi connectivity index (χ0) is 15.0. The largest absolute Gasteiger partial charge is 0.345 e. The molecule has 3 rings (SSSR count). The molecule has 0 saturated heterocycles. The minimum atomic E-state index is -0.364. The molecular weight excluding hydrogens is 304 g/mol. The molecular formula is C15H15ClN4S. The van der Waals surface area contributed by atoms with Crippen molar-refractivity contribution in [3.8, 4) is 0 Å². The predicted octanol–water partition coefficient (Wildman–Crippen LogP) is 3.67. The molecule has 4 nitrogen and oxygen atoms in total. The smallest absolute Gasteiger partial charge is 0.155 e. The molecule has 108 valence electrons. The summed E-state index contributed by atoms with van der Waals surface area (Å²) < 4.78 is 0. The van der Waals surface area contributed by atoms with E-state index in [1.165, 1.54) is 0 Å². The van der Waals surface area contributed by atoms with Crippen LogP contribution in [-0.2, 0) is 6.54 Å². The Kier molecular flexibility index (Phi) is 3.55. The fraction of sp³-hybridized carbons (Fsp3) is 0.267. The summed E-state index contributed by atoms with van der Waals surface area (Å²) in [5.74, 6) is 0.798. The minimum absolute atomic E-state index is 0.364. The van der Waals surface area contributed by atoms with Crippen LogP contribution in [0.2, 0.25) is 5.15 Å². The summed E-state index contributed by atoms with van der Waals surface area (Å²) in [5, 5.41) is 3.70. The Morgan fingerprint density at radius 3 is 2.81 bits per heavy atom. The molecule has 0 bridgehead atoms. The third kappa shape index (κ3) is 2.59. The first-order valence-electron chi connectivity index (χ1n) is 6.64. The van der Waals surface area contributed by atoms with Crippen molar-refractivity contribution in [2.24, 2.45) is 0 Å². The Balaban J connectivity index is 2.07. The van der Waals surface area contributed by atoms with Crippen molar-refractivity contribution in [3.05, 3.63) is 47.4 Å². The zero-order valence-electron chi connectivity index (χ0n) is 11.8. The van der Waals surface area contributed by atoms with Gasteiger partial charge in [-0.1, -0.05) is 29.9 Å². The summed E-state index contributed by atoms with van der Waals surface area (Å²) in [4.78, 5) is 11.7. The number of aromatic nitrogens is 2. The first kappa shape index (κ1) is 14.2. The molecule has 2 aromatic heterocycles. The Hall–Kier alpha value is -1.72. The van der Waals surface area contributed by atoms with Crippen LogP contribution in [0.5, 0.6) is 0 Å². The van der Waals surface area contributed by atoms with Crippen LogP contribution < -0.4 is 10.2 Å². The Labute approximate surface area is 134 Å². The normalized spacial score (nSPS) is 16.3. The summed E-state index contributed by atoms with van der Waals surface area (Å²) in [7, 11) is 0. The van der Waals surface area contributed by atoms with E-state index in [-0.39, 0.29) is 5.54 Å². The molecule has 21 heavy (non-hydrogen) atoms. The number of halogens is 1. The van der Waals surface area contributed by atoms with Gasteiger partial charge in [-0.05, 0) is 38.1 Å². The van der Waals surface area contributed by atoms with Gasteiger partial charge < -0.3 is 10.2 Å². The topological polar surface area (TPSA) is 41.1 Å². The fourth-order valence-electron chi connectivity index (χ4n) is 2.32. The van der Waals surface area contributed by atoms with E-state index < -0.39 is 0 Å². The number of nitrogens with one attached hydrogen (secondary N) is 1. The third-order valence-electron chi connectivity index (χ3n) is 3.62. The van der Waals surface area contributed by atoms with Gasteiger partial charge >= 0.3 is 0 Å². The summed E-state index contributed by atoms with van der Waals surface area (Å²) in [5.41, 5.74) is 1.47. The van der Waals surface area contributed by atoms with E-state index in [0.29, 0.717) is 11.7 Å². The Bertz CT molecular complexity index is 687. The average molecular weight is 319 g/mol. The lowest BCUT2D eigenvalue weighted by molar-refractivity contribution is 0.577. The molecule has 2 aromatic rings. The summed E-state index contributed by atoms with van der Waals surface area (Å²) in [6.07, 6.45) is 1.79. The molecule has 1 aliphatic rings. The van der Waals surface area contributed by atoms with Gasteiger partial charge in [0.25, 0.3) is 0 Å². The van der Waals surface area contributed by atoms with E-state index in [4.69, 9.17) is 23.8 Å². The van der Waals surface area contributed by atoms with Crippen LogP contribution in [0.25, 0.3) is 0 Å². The highest BCUT2D eigenvalue weighted by Crippen LogP contribution is 2.37. The monoisotopic (exact) mass is 318 g/mol. The molecule has 0 aromatic carbocycles. The standard InChI is InChI=1S/C15H15ClN4S/c1-15(2)14(21)18-11-6-7-12(16)19-13(11)20(15)9-10-5-3-4-8-17-10/h3-8H,9H2,1-2H3,(H,18,21). The van der Waals surface area contributed by atoms with E-state index in [1.807, 2.05) is 24.3 Å². The molecule has 1 N–H and O–H groups in total. The van der Waals surface area contributed by atoms with Crippen LogP contribution in [0.1, 0.15) is 19.5 Å². The van der Waals surface area contributed by atoms with Gasteiger partial charge in [0.05, 0.1) is 23.5 Å². The quantitative estimate of drug-likeness (QED) is 0.676. The van der Waals surface area contributed by atoms with Crippen molar-refractivity contribution in [3.63, 3.8) is 0 Å². The molecule has 0 amide bonds. The van der Waals surface area contributed by atoms with E-state index in [1.54, 1.807) is 12.3 Å². The first-order valence-corrected chi connectivity index (χ1v) is 7.42. The van der Waals surface area contributed by atoms with Gasteiger partial charge in [-0.25, -0.2) is 4.98 Å². The third-order valence-corrected chi connectivity index (χ3v) is 4.43. The zero-order valence-corrected chi connectivity index (χ0v) is 13.4. The Morgan fingerprint density at radius 2 is 2.10 bits per heavy atom. The highest BCUT2D eigenvalue weighted by Gasteiger charge is 2.38. The van der Waals surface area contributed by atoms with E-state index in [9.17, 15) is 0 Å². The highest BCUT2D eigenvalue weighted by molar-refractivity contribution is 7.80. The number of pyridine rings is 2. The van der Waals surface area contributed by atoms with Crippen molar-refractivity contribution in [2.45, 2.75) is 25.9 Å². The molecule has 0 fully saturated rings. The van der Waals surface area contributed by atoms with Gasteiger partial charge in [0.2, 0.25) is 0 Å². The maximum Gasteiger partial charge on any atom is 0.155 e. The molecule has 0 radical (unpaired) electrons. The number of hydrogen-bond donors (Lipinski definition) is 1. The number of anilines is 2. The van der Waals surface area contributed by atoms with Crippen molar-refractivity contribution in [1.29, 1.82) is 0 Å². The van der Waals surface area contributed by atoms with Crippen LogP contribution in [0.3, 0.4) is 0 Å². The molecule has 0 unspecified atom stereocenters. The van der Waals surface area contributed by atoms with E-state index in [2.05, 4.69) is 34.0 Å². The predicted molar refractivity (Wildman–Crippen MR) is 90.0 cm³/mol. The second kappa shape index (κ2) is 5.24. The number of fused-ring (bicyclic) bond motifs is 1. The maximum absolute atomic E-state index is 6.06. The van der Waals surface area contributed by atoms with Crippen molar-refractivity contribution in [2.75, 3.05) is 10.2 Å². The van der Waals surface area contributed by atoms with Gasteiger partial charge in [-0.15, -0.1) is 0 Å². The lowest BCUT2D eigenvalue weighted by Gasteiger charge is -2.44. The Morgan fingerprint density at radius 1 is 1.29 bits per heavy atom. The molecule has 3 heterocycles. The highest BCUT2D eigenvalue weighted by atomic mass is 35.5. The van der Waals surface area contributed by atoms with Crippen LogP contribution in [0.4, 0.5) is 11.5 Å². The van der Waals surface area contributed by atoms with Crippen LogP contribution >= 0.6 is 23.8 Å². The second-order valence-electron chi connectivity index (χ2n) is 5.43. The van der Waals surface area contributed by atoms with Crippen molar-refractivity contribution < 1.29 is 0 Å². The molecule has 0 spiro atoms. The first-order chi connectivity index (χ1) is 9.98. The number of nitrogens with zero attached hydrogens (tertiary/aromatic N) is 3. The van der Waals surface area contributed by atoms with Crippen LogP contribution in [0.15, 0.2) is 36.5 Å². The molecule has 0 aliphatic carbocycles. The summed E-state index contributed by atoms with van der Waals surface area (Å²) >= 11 is 11.6. The van der Waals surface area contributed by atoms with Crippen LogP contribution in [-0.4, -0.2) is 20.5 Å². The van der Waals surface area contributed by atoms with E-state index >= 15 is 0 Å². The van der Waals surface area contributed by atoms with Gasteiger partial charge in [0.15, 0.2) is 5.82 Å². The lowest BCUT2D eigenvalue weighted by atomic mass is 9.98. The van der Waals surface area contributed by atoms with Gasteiger partial charge in [0.1, 0.15) is 10.1 Å². The van der Waals surface area contributed by atoms with Gasteiger partial charge in [-0.2, -0.15) is 0 Å². The van der Waals surface area contributed by atoms with Gasteiger partial charge in [-0.3, -0.25) is 4.98 Å².